The van der Waals surface area contributed by atoms with E-state index < -0.39 is 10.8 Å². The molecular formula is C18H20NNaO3S. The molecule has 2 aromatic rings. The average Bonchev–Trinajstić information content (AvgIpc) is 2.61. The van der Waals surface area contributed by atoms with Crippen LogP contribution in [0.25, 0.3) is 0 Å². The number of benzene rings is 2. The van der Waals surface area contributed by atoms with Crippen LogP contribution in [-0.2, 0) is 20.3 Å². The van der Waals surface area contributed by atoms with Crippen LogP contribution in [0.5, 0.6) is 0 Å². The molecule has 6 heteroatoms. The van der Waals surface area contributed by atoms with Crippen molar-refractivity contribution in [2.75, 3.05) is 18.1 Å². The summed E-state index contributed by atoms with van der Waals surface area (Å²) in [5.41, 5.74) is 1.93. The van der Waals surface area contributed by atoms with Crippen molar-refractivity contribution in [3.8, 4) is 0 Å². The number of hydrogen-bond donors (Lipinski definition) is 0. The van der Waals surface area contributed by atoms with Gasteiger partial charge >= 0.3 is 35.5 Å². The number of para-hydroxylation sites is 2. The molecule has 0 radical (unpaired) electrons. The fraction of sp³-hybridized carbons (Fsp3) is 0.278. The van der Waals surface area contributed by atoms with Gasteiger partial charge in [0.2, 0.25) is 0 Å². The van der Waals surface area contributed by atoms with Gasteiger partial charge in [0.1, 0.15) is 0 Å². The fourth-order valence-corrected chi connectivity index (χ4v) is 4.05. The molecule has 0 spiro atoms. The van der Waals surface area contributed by atoms with Crippen LogP contribution in [0.3, 0.4) is 0 Å². The van der Waals surface area contributed by atoms with Gasteiger partial charge in [0.05, 0.1) is 38.6 Å². The molecule has 3 rings (SSSR count). The number of esters is 1. The van der Waals surface area contributed by atoms with Crippen LogP contribution in [0.15, 0.2) is 58.3 Å². The summed E-state index contributed by atoms with van der Waals surface area (Å²) in [6.45, 7) is 2.90. The molecule has 0 unspecified atom stereocenters. The minimum absolute atomic E-state index is 0. The second kappa shape index (κ2) is 8.81. The number of ether oxygens (including phenoxy) is 1. The number of anilines is 2. The molecule has 0 aromatic heterocycles. The molecule has 0 N–H and O–H groups in total. The van der Waals surface area contributed by atoms with Crippen molar-refractivity contribution in [3.63, 3.8) is 0 Å². The Hall–Kier alpha value is -1.14. The van der Waals surface area contributed by atoms with Crippen LogP contribution in [-0.4, -0.2) is 23.3 Å². The van der Waals surface area contributed by atoms with Gasteiger partial charge in [-0.1, -0.05) is 31.2 Å². The summed E-state index contributed by atoms with van der Waals surface area (Å²) in [5.74, 6) is -0.175. The van der Waals surface area contributed by atoms with E-state index in [0.29, 0.717) is 19.6 Å². The molecular weight excluding hydrogens is 333 g/mol. The second-order valence-electron chi connectivity index (χ2n) is 5.28. The van der Waals surface area contributed by atoms with Crippen LogP contribution in [0.2, 0.25) is 0 Å². The molecule has 24 heavy (non-hydrogen) atoms. The zero-order valence-electron chi connectivity index (χ0n) is 15.0. The number of carbonyl (C=O) groups is 1. The van der Waals surface area contributed by atoms with E-state index in [1.165, 1.54) is 0 Å². The van der Waals surface area contributed by atoms with Crippen molar-refractivity contribution >= 4 is 28.1 Å². The molecule has 1 aliphatic rings. The largest absolute Gasteiger partial charge is 1.00 e. The zero-order valence-corrected chi connectivity index (χ0v) is 16.8. The quantitative estimate of drug-likeness (QED) is 0.452. The maximum absolute atomic E-state index is 12.7. The van der Waals surface area contributed by atoms with Gasteiger partial charge in [-0.25, -0.2) is 4.21 Å². The van der Waals surface area contributed by atoms with Crippen molar-refractivity contribution in [2.45, 2.75) is 29.6 Å². The summed E-state index contributed by atoms with van der Waals surface area (Å²) in [6, 6.07) is 15.5. The van der Waals surface area contributed by atoms with E-state index in [9.17, 15) is 9.00 Å². The molecule has 2 aromatic carbocycles. The van der Waals surface area contributed by atoms with Gasteiger partial charge in [0.15, 0.2) is 0 Å². The molecule has 0 aliphatic carbocycles. The summed E-state index contributed by atoms with van der Waals surface area (Å²) < 4.78 is 17.9. The van der Waals surface area contributed by atoms with Crippen LogP contribution >= 0.6 is 0 Å². The van der Waals surface area contributed by atoms with E-state index in [1.54, 1.807) is 6.92 Å². The number of rotatable bonds is 5. The van der Waals surface area contributed by atoms with Gasteiger partial charge in [-0.05, 0) is 30.7 Å². The van der Waals surface area contributed by atoms with E-state index in [-0.39, 0.29) is 37.0 Å². The molecule has 0 amide bonds. The van der Waals surface area contributed by atoms with Crippen LogP contribution in [0, 0.1) is 0 Å². The van der Waals surface area contributed by atoms with Crippen LogP contribution in [0.1, 0.15) is 21.2 Å². The summed E-state index contributed by atoms with van der Waals surface area (Å²) >= 11 is 0. The molecule has 4 nitrogen and oxygen atoms in total. The Balaban J connectivity index is 0.00000156. The maximum atomic E-state index is 12.7. The molecule has 0 atom stereocenters. The zero-order chi connectivity index (χ0) is 16.2. The topological polar surface area (TPSA) is 46.6 Å². The Kier molecular flexibility index (Phi) is 7.04. The monoisotopic (exact) mass is 353 g/mol. The Bertz CT molecular complexity index is 707. The number of fused-ring (bicyclic) bond motifs is 2. The first-order chi connectivity index (χ1) is 11.2. The Morgan fingerprint density at radius 3 is 2.17 bits per heavy atom. The van der Waals surface area contributed by atoms with Crippen molar-refractivity contribution in [3.05, 3.63) is 48.5 Å². The minimum Gasteiger partial charge on any atom is -1.00 e. The van der Waals surface area contributed by atoms with Crippen LogP contribution < -0.4 is 34.5 Å². The predicted molar refractivity (Wildman–Crippen MR) is 91.5 cm³/mol. The molecule has 0 bridgehead atoms. The Labute approximate surface area is 168 Å². The third kappa shape index (κ3) is 3.91. The van der Waals surface area contributed by atoms with Gasteiger partial charge in [-0.2, -0.15) is 0 Å². The first-order valence-corrected chi connectivity index (χ1v) is 8.90. The smallest absolute Gasteiger partial charge is 1.00 e. The minimum atomic E-state index is -1.15. The third-order valence-electron chi connectivity index (χ3n) is 3.79. The molecule has 122 valence electrons. The average molecular weight is 353 g/mol. The fourth-order valence-electron chi connectivity index (χ4n) is 2.67. The van der Waals surface area contributed by atoms with E-state index >= 15 is 0 Å². The second-order valence-corrected chi connectivity index (χ2v) is 6.70. The van der Waals surface area contributed by atoms with Crippen molar-refractivity contribution in [2.24, 2.45) is 0 Å². The third-order valence-corrected chi connectivity index (χ3v) is 5.28. The normalized spacial score (nSPS) is 12.8. The molecule has 0 saturated carbocycles. The summed E-state index contributed by atoms with van der Waals surface area (Å²) in [5, 5.41) is 0. The summed E-state index contributed by atoms with van der Waals surface area (Å²) in [4.78, 5) is 15.0. The first-order valence-electron chi connectivity index (χ1n) is 7.75. The SMILES string of the molecule is CCC(=O)OCCCN1c2ccccc2S(=O)c2ccccc21.[H-].[Na+]. The molecule has 1 heterocycles. The number of hydrogen-bond acceptors (Lipinski definition) is 4. The predicted octanol–water partition coefficient (Wildman–Crippen LogP) is 0.765. The van der Waals surface area contributed by atoms with E-state index in [0.717, 1.165) is 27.6 Å². The first kappa shape index (κ1) is 19.2. The Morgan fingerprint density at radius 2 is 1.62 bits per heavy atom. The molecule has 0 saturated heterocycles. The van der Waals surface area contributed by atoms with Gasteiger partial charge in [-0.3, -0.25) is 4.79 Å². The van der Waals surface area contributed by atoms with E-state index in [4.69, 9.17) is 4.74 Å². The van der Waals surface area contributed by atoms with E-state index in [1.807, 2.05) is 48.5 Å². The molecule has 1 aliphatic heterocycles. The van der Waals surface area contributed by atoms with E-state index in [2.05, 4.69) is 4.90 Å². The van der Waals surface area contributed by atoms with Gasteiger partial charge < -0.3 is 11.1 Å². The summed E-state index contributed by atoms with van der Waals surface area (Å²) in [6.07, 6.45) is 1.12. The number of nitrogens with zero attached hydrogens (tertiary/aromatic N) is 1. The summed E-state index contributed by atoms with van der Waals surface area (Å²) in [7, 11) is -1.15. The van der Waals surface area contributed by atoms with Crippen LogP contribution in [0.4, 0.5) is 11.4 Å². The molecule has 0 fully saturated rings. The van der Waals surface area contributed by atoms with Gasteiger partial charge in [0, 0.05) is 13.0 Å². The maximum Gasteiger partial charge on any atom is 1.00 e. The van der Waals surface area contributed by atoms with Gasteiger partial charge in [-0.15, -0.1) is 0 Å². The Morgan fingerprint density at radius 1 is 1.08 bits per heavy atom. The number of carbonyl (C=O) groups excluding carboxylic acids is 1. The van der Waals surface area contributed by atoms with Crippen molar-refractivity contribution in [1.82, 2.24) is 0 Å². The van der Waals surface area contributed by atoms with Crippen molar-refractivity contribution in [1.29, 1.82) is 0 Å². The van der Waals surface area contributed by atoms with Gasteiger partial charge in [0.25, 0.3) is 0 Å². The standard InChI is InChI=1S/C18H19NO3S.Na.H/c1-2-18(20)22-13-7-12-19-14-8-3-5-10-16(14)23(21)17-11-6-4-9-15(17)19;;/h3-6,8-11H,2,7,12-13H2,1H3;;/q;+1;-1. The van der Waals surface area contributed by atoms with Crippen molar-refractivity contribution < 1.29 is 44.7 Å².